The Bertz CT molecular complexity index is 523. The Morgan fingerprint density at radius 1 is 1.44 bits per heavy atom. The van der Waals surface area contributed by atoms with Crippen molar-refractivity contribution < 1.29 is 9.53 Å². The summed E-state index contributed by atoms with van der Waals surface area (Å²) in [5.41, 5.74) is 0.979. The number of aldehydes is 1. The first kappa shape index (κ1) is 11.5. The fourth-order valence-corrected chi connectivity index (χ4v) is 3.00. The Hall–Kier alpha value is -1.62. The SMILES string of the molecule is O=CCOc1ccc2n(c1=O)CC1CNCC2C1. The number of hydrogen-bond donors (Lipinski definition) is 1. The molecule has 3 rings (SSSR count). The van der Waals surface area contributed by atoms with Crippen LogP contribution in [-0.2, 0) is 11.3 Å². The minimum absolute atomic E-state index is 0.0665. The molecule has 0 spiro atoms. The summed E-state index contributed by atoms with van der Waals surface area (Å²) < 4.78 is 6.98. The van der Waals surface area contributed by atoms with Crippen LogP contribution in [0.3, 0.4) is 0 Å². The van der Waals surface area contributed by atoms with E-state index in [0.29, 0.717) is 18.1 Å². The van der Waals surface area contributed by atoms with Gasteiger partial charge in [-0.05, 0) is 31.0 Å². The van der Waals surface area contributed by atoms with Crippen molar-refractivity contribution in [3.05, 3.63) is 28.2 Å². The molecule has 0 amide bonds. The maximum atomic E-state index is 12.3. The number of pyridine rings is 1. The van der Waals surface area contributed by atoms with Crippen LogP contribution in [-0.4, -0.2) is 30.5 Å². The predicted octanol–water partition coefficient (Wildman–Crippen LogP) is 0.133. The molecule has 96 valence electrons. The molecule has 1 N–H and O–H groups in total. The van der Waals surface area contributed by atoms with Crippen LogP contribution in [0.15, 0.2) is 16.9 Å². The monoisotopic (exact) mass is 248 g/mol. The number of fused-ring (bicyclic) bond motifs is 4. The van der Waals surface area contributed by atoms with Crippen LogP contribution in [0.4, 0.5) is 0 Å². The van der Waals surface area contributed by atoms with Gasteiger partial charge in [-0.3, -0.25) is 9.59 Å². The van der Waals surface area contributed by atoms with Crippen LogP contribution in [0.5, 0.6) is 5.75 Å². The normalized spacial score (nSPS) is 25.3. The van der Waals surface area contributed by atoms with Crippen LogP contribution in [0.25, 0.3) is 0 Å². The number of aromatic nitrogens is 1. The predicted molar refractivity (Wildman–Crippen MR) is 66.0 cm³/mol. The quantitative estimate of drug-likeness (QED) is 0.773. The number of piperidine rings is 1. The Labute approximate surface area is 105 Å². The van der Waals surface area contributed by atoms with E-state index >= 15 is 0 Å². The third-order valence-electron chi connectivity index (χ3n) is 3.78. The maximum Gasteiger partial charge on any atom is 0.293 e. The molecule has 2 atom stereocenters. The highest BCUT2D eigenvalue weighted by Crippen LogP contribution is 2.32. The van der Waals surface area contributed by atoms with Gasteiger partial charge in [0.1, 0.15) is 6.61 Å². The van der Waals surface area contributed by atoms with Crippen LogP contribution in [0, 0.1) is 5.92 Å². The van der Waals surface area contributed by atoms with Crippen LogP contribution >= 0.6 is 0 Å². The molecule has 18 heavy (non-hydrogen) atoms. The van der Waals surface area contributed by atoms with E-state index in [0.717, 1.165) is 31.7 Å². The van der Waals surface area contributed by atoms with Gasteiger partial charge in [-0.2, -0.15) is 0 Å². The molecular formula is C13H16N2O3. The fraction of sp³-hybridized carbons (Fsp3) is 0.538. The van der Waals surface area contributed by atoms with Crippen molar-refractivity contribution in [2.24, 2.45) is 5.92 Å². The zero-order valence-corrected chi connectivity index (χ0v) is 10.1. The lowest BCUT2D eigenvalue weighted by Gasteiger charge is -2.37. The molecule has 1 aromatic heterocycles. The summed E-state index contributed by atoms with van der Waals surface area (Å²) in [6.45, 7) is 2.59. The zero-order valence-electron chi connectivity index (χ0n) is 10.1. The molecule has 0 saturated carbocycles. The van der Waals surface area contributed by atoms with Crippen molar-refractivity contribution in [2.75, 3.05) is 19.7 Å². The maximum absolute atomic E-state index is 12.3. The van der Waals surface area contributed by atoms with Gasteiger partial charge in [-0.25, -0.2) is 0 Å². The standard InChI is InChI=1S/C13H16N2O3/c16-3-4-18-12-2-1-11-10-5-9(6-14-7-10)8-15(11)13(12)17/h1-3,9-10,14H,4-8H2. The third kappa shape index (κ3) is 1.84. The average Bonchev–Trinajstić information content (AvgIpc) is 2.39. The number of carbonyl (C=O) groups is 1. The second-order valence-corrected chi connectivity index (χ2v) is 4.97. The van der Waals surface area contributed by atoms with Gasteiger partial charge in [0.05, 0.1) is 0 Å². The number of nitrogens with one attached hydrogen (secondary N) is 1. The molecule has 2 aliphatic rings. The summed E-state index contributed by atoms with van der Waals surface area (Å²) in [6.07, 6.45) is 1.81. The molecule has 0 radical (unpaired) electrons. The van der Waals surface area contributed by atoms with Crippen LogP contribution < -0.4 is 15.6 Å². The van der Waals surface area contributed by atoms with Crippen LogP contribution in [0.2, 0.25) is 0 Å². The lowest BCUT2D eigenvalue weighted by molar-refractivity contribution is -0.109. The van der Waals surface area contributed by atoms with Gasteiger partial charge in [0.25, 0.3) is 5.56 Å². The summed E-state index contributed by atoms with van der Waals surface area (Å²) >= 11 is 0. The molecule has 1 aromatic rings. The number of rotatable bonds is 3. The summed E-state index contributed by atoms with van der Waals surface area (Å²) in [4.78, 5) is 22.5. The van der Waals surface area contributed by atoms with Crippen molar-refractivity contribution in [3.8, 4) is 5.75 Å². The van der Waals surface area contributed by atoms with Crippen molar-refractivity contribution in [1.29, 1.82) is 0 Å². The van der Waals surface area contributed by atoms with E-state index in [1.54, 1.807) is 6.07 Å². The Balaban J connectivity index is 1.99. The molecule has 5 nitrogen and oxygen atoms in total. The van der Waals surface area contributed by atoms with E-state index in [1.165, 1.54) is 0 Å². The molecule has 0 aliphatic carbocycles. The lowest BCUT2D eigenvalue weighted by Crippen LogP contribution is -2.45. The topological polar surface area (TPSA) is 60.3 Å². The Morgan fingerprint density at radius 2 is 2.33 bits per heavy atom. The van der Waals surface area contributed by atoms with Gasteiger partial charge in [0, 0.05) is 24.7 Å². The van der Waals surface area contributed by atoms with Crippen LogP contribution in [0.1, 0.15) is 18.0 Å². The van der Waals surface area contributed by atoms with Crippen molar-refractivity contribution in [2.45, 2.75) is 18.9 Å². The fourth-order valence-electron chi connectivity index (χ4n) is 3.00. The van der Waals surface area contributed by atoms with Gasteiger partial charge in [0.15, 0.2) is 12.0 Å². The minimum atomic E-state index is -0.106. The highest BCUT2D eigenvalue weighted by atomic mass is 16.5. The van der Waals surface area contributed by atoms with Gasteiger partial charge in [-0.15, -0.1) is 0 Å². The smallest absolute Gasteiger partial charge is 0.293 e. The van der Waals surface area contributed by atoms with E-state index < -0.39 is 0 Å². The van der Waals surface area contributed by atoms with E-state index in [2.05, 4.69) is 5.32 Å². The summed E-state index contributed by atoms with van der Waals surface area (Å²) in [7, 11) is 0. The van der Waals surface area contributed by atoms with Crippen molar-refractivity contribution >= 4 is 6.29 Å². The molecule has 2 aliphatic heterocycles. The van der Waals surface area contributed by atoms with Gasteiger partial charge in [-0.1, -0.05) is 0 Å². The van der Waals surface area contributed by atoms with E-state index in [9.17, 15) is 9.59 Å². The van der Waals surface area contributed by atoms with Crippen molar-refractivity contribution in [3.63, 3.8) is 0 Å². The molecule has 1 fully saturated rings. The second kappa shape index (κ2) is 4.57. The largest absolute Gasteiger partial charge is 0.480 e. The lowest BCUT2D eigenvalue weighted by atomic mass is 9.84. The van der Waals surface area contributed by atoms with E-state index in [1.807, 2.05) is 10.6 Å². The molecule has 5 heteroatoms. The second-order valence-electron chi connectivity index (χ2n) is 4.97. The summed E-state index contributed by atoms with van der Waals surface area (Å²) in [6, 6.07) is 3.64. The highest BCUT2D eigenvalue weighted by Gasteiger charge is 2.31. The van der Waals surface area contributed by atoms with Gasteiger partial charge >= 0.3 is 0 Å². The zero-order chi connectivity index (χ0) is 12.5. The summed E-state index contributed by atoms with van der Waals surface area (Å²) in [5.74, 6) is 1.22. The first-order chi connectivity index (χ1) is 8.79. The first-order valence-electron chi connectivity index (χ1n) is 6.30. The molecule has 0 aromatic carbocycles. The number of hydrogen-bond acceptors (Lipinski definition) is 4. The molecule has 1 saturated heterocycles. The average molecular weight is 248 g/mol. The number of nitrogens with zero attached hydrogens (tertiary/aromatic N) is 1. The number of ether oxygens (including phenoxy) is 1. The molecule has 3 heterocycles. The van der Waals surface area contributed by atoms with Gasteiger partial charge in [0.2, 0.25) is 0 Å². The van der Waals surface area contributed by atoms with E-state index in [-0.39, 0.29) is 17.9 Å². The Morgan fingerprint density at radius 3 is 3.17 bits per heavy atom. The molecule has 2 bridgehead atoms. The minimum Gasteiger partial charge on any atom is -0.480 e. The molecule has 2 unspecified atom stereocenters. The first-order valence-corrected chi connectivity index (χ1v) is 6.30. The summed E-state index contributed by atoms with van der Waals surface area (Å²) in [5, 5.41) is 3.40. The van der Waals surface area contributed by atoms with E-state index in [4.69, 9.17) is 4.74 Å². The van der Waals surface area contributed by atoms with Crippen molar-refractivity contribution in [1.82, 2.24) is 9.88 Å². The molecular weight excluding hydrogens is 232 g/mol. The number of carbonyl (C=O) groups excluding carboxylic acids is 1. The highest BCUT2D eigenvalue weighted by molar-refractivity contribution is 5.51. The Kier molecular flexibility index (Phi) is 2.91. The van der Waals surface area contributed by atoms with Gasteiger partial charge < -0.3 is 14.6 Å². The third-order valence-corrected chi connectivity index (χ3v) is 3.78.